The minimum absolute atomic E-state index is 0.415. The Morgan fingerprint density at radius 1 is 0.947 bits per heavy atom. The number of nitrogens with zero attached hydrogens (tertiary/aromatic N) is 3. The highest BCUT2D eigenvalue weighted by Crippen LogP contribution is 2.39. The number of carbonyl (C=O) groups is 3. The number of benzene rings is 1. The van der Waals surface area contributed by atoms with Crippen molar-refractivity contribution in [3.63, 3.8) is 0 Å². The number of rotatable bonds is 10. The Balaban J connectivity index is 0.000000263. The quantitative estimate of drug-likeness (QED) is 0.260. The van der Waals surface area contributed by atoms with Crippen LogP contribution in [0.4, 0.5) is 0 Å². The largest absolute Gasteiger partial charge is 0.497 e. The Morgan fingerprint density at radius 3 is 2.05 bits per heavy atom. The molecule has 3 aromatic rings. The lowest BCUT2D eigenvalue weighted by Gasteiger charge is -2.18. The van der Waals surface area contributed by atoms with Gasteiger partial charge in [0.25, 0.3) is 0 Å². The molecule has 0 radical (unpaired) electrons. The first-order chi connectivity index (χ1) is 18.1. The van der Waals surface area contributed by atoms with Crippen LogP contribution in [0.15, 0.2) is 61.1 Å². The Hall–Kier alpha value is -4.29. The maximum absolute atomic E-state index is 10.3. The van der Waals surface area contributed by atoms with Gasteiger partial charge in [0.05, 0.1) is 20.0 Å². The topological polar surface area (TPSA) is 186 Å². The summed E-state index contributed by atoms with van der Waals surface area (Å²) in [6, 6.07) is 14.7. The van der Waals surface area contributed by atoms with E-state index in [1.807, 2.05) is 30.7 Å². The Kier molecular flexibility index (Phi) is 9.52. The number of nitrogens with one attached hydrogen (secondary N) is 1. The third-order valence-corrected chi connectivity index (χ3v) is 6.30. The van der Waals surface area contributed by atoms with E-state index in [-0.39, 0.29) is 0 Å². The maximum Gasteiger partial charge on any atom is 0.336 e. The Labute approximate surface area is 218 Å². The third kappa shape index (κ3) is 7.60. The molecule has 1 aliphatic heterocycles. The van der Waals surface area contributed by atoms with E-state index < -0.39 is 36.4 Å². The van der Waals surface area contributed by atoms with Gasteiger partial charge in [0.15, 0.2) is 5.60 Å². The zero-order chi connectivity index (χ0) is 27.7. The summed E-state index contributed by atoms with van der Waals surface area (Å²) in [5.41, 5.74) is 1.11. The van der Waals surface area contributed by atoms with Crippen LogP contribution in [0.1, 0.15) is 41.5 Å². The number of carboxylic acid groups (broad SMARTS) is 3. The molecule has 2 aromatic heterocycles. The van der Waals surface area contributed by atoms with Gasteiger partial charge in [-0.3, -0.25) is 24.6 Å². The average Bonchev–Trinajstić information content (AvgIpc) is 3.54. The lowest BCUT2D eigenvalue weighted by Crippen LogP contribution is -2.42. The maximum atomic E-state index is 10.3. The molecule has 0 saturated carbocycles. The van der Waals surface area contributed by atoms with Crippen molar-refractivity contribution in [2.24, 2.45) is 0 Å². The summed E-state index contributed by atoms with van der Waals surface area (Å²) >= 11 is 0. The second kappa shape index (κ2) is 12.8. The zero-order valence-electron chi connectivity index (χ0n) is 20.7. The van der Waals surface area contributed by atoms with E-state index in [9.17, 15) is 14.4 Å². The summed E-state index contributed by atoms with van der Waals surface area (Å²) in [5, 5.41) is 41.1. The number of aliphatic hydroxyl groups is 1. The Morgan fingerprint density at radius 2 is 1.55 bits per heavy atom. The van der Waals surface area contributed by atoms with Crippen molar-refractivity contribution in [1.29, 1.82) is 0 Å². The number of methoxy groups -OCH3 is 1. The van der Waals surface area contributed by atoms with E-state index in [2.05, 4.69) is 50.4 Å². The molecule has 12 heteroatoms. The number of ether oxygens (including phenoxy) is 1. The predicted octanol–water partition coefficient (Wildman–Crippen LogP) is 1.95. The molecule has 0 aliphatic carbocycles. The minimum Gasteiger partial charge on any atom is -0.497 e. The smallest absolute Gasteiger partial charge is 0.336 e. The number of aliphatic carboxylic acids is 3. The standard InChI is InChI=1S/C20H22N4O.C6H8O7/c1-25-17-4-2-16(3-5-17)18-13-24(12-15-6-9-21-10-7-15)14-19(18)20-8-11-22-23-20;7-3(8)1-6(13,5(11)12)2-4(9)10/h2-11,18-19H,12-14H2,1H3,(H,22,23);13H,1-2H2,(H,7,8)(H,9,10)(H,11,12)/t18-,19+;/m0./s1. The summed E-state index contributed by atoms with van der Waals surface area (Å²) < 4.78 is 5.30. The van der Waals surface area contributed by atoms with Crippen LogP contribution >= 0.6 is 0 Å². The van der Waals surface area contributed by atoms with Gasteiger partial charge >= 0.3 is 17.9 Å². The summed E-state index contributed by atoms with van der Waals surface area (Å²) in [4.78, 5) is 37.1. The molecular weight excluding hydrogens is 496 g/mol. The van der Waals surface area contributed by atoms with Crippen molar-refractivity contribution in [2.75, 3.05) is 20.2 Å². The summed E-state index contributed by atoms with van der Waals surface area (Å²) in [6.07, 6.45) is 3.27. The van der Waals surface area contributed by atoms with E-state index in [1.54, 1.807) is 7.11 Å². The first-order valence-corrected chi connectivity index (χ1v) is 11.7. The van der Waals surface area contributed by atoms with Crippen molar-refractivity contribution in [1.82, 2.24) is 20.1 Å². The fraction of sp³-hybridized carbons (Fsp3) is 0.346. The van der Waals surface area contributed by atoms with Gasteiger partial charge in [-0.15, -0.1) is 0 Å². The predicted molar refractivity (Wildman–Crippen MR) is 134 cm³/mol. The number of pyridine rings is 1. The molecule has 1 fully saturated rings. The monoisotopic (exact) mass is 526 g/mol. The second-order valence-electron chi connectivity index (χ2n) is 9.03. The number of carboxylic acids is 3. The molecule has 0 bridgehead atoms. The summed E-state index contributed by atoms with van der Waals surface area (Å²) in [7, 11) is 1.70. The van der Waals surface area contributed by atoms with Gasteiger partial charge in [0, 0.05) is 55.8 Å². The molecule has 12 nitrogen and oxygen atoms in total. The first kappa shape index (κ1) is 28.3. The first-order valence-electron chi connectivity index (χ1n) is 11.7. The van der Waals surface area contributed by atoms with Gasteiger partial charge < -0.3 is 25.2 Å². The van der Waals surface area contributed by atoms with Gasteiger partial charge in [0.1, 0.15) is 5.75 Å². The highest BCUT2D eigenvalue weighted by atomic mass is 16.5. The molecule has 0 unspecified atom stereocenters. The molecule has 0 amide bonds. The van der Waals surface area contributed by atoms with Gasteiger partial charge in [-0.25, -0.2) is 4.79 Å². The molecule has 38 heavy (non-hydrogen) atoms. The van der Waals surface area contributed by atoms with E-state index in [1.165, 1.54) is 16.8 Å². The normalized spacial score (nSPS) is 17.3. The fourth-order valence-corrected chi connectivity index (χ4v) is 4.45. The van der Waals surface area contributed by atoms with Crippen LogP contribution in [0.3, 0.4) is 0 Å². The lowest BCUT2D eigenvalue weighted by molar-refractivity contribution is -0.170. The van der Waals surface area contributed by atoms with Crippen molar-refractivity contribution >= 4 is 17.9 Å². The van der Waals surface area contributed by atoms with Gasteiger partial charge in [-0.2, -0.15) is 5.10 Å². The second-order valence-corrected chi connectivity index (χ2v) is 9.03. The molecule has 3 heterocycles. The van der Waals surface area contributed by atoms with Crippen LogP contribution in [0.25, 0.3) is 0 Å². The van der Waals surface area contributed by atoms with E-state index in [4.69, 9.17) is 25.2 Å². The van der Waals surface area contributed by atoms with Crippen molar-refractivity contribution in [2.45, 2.75) is 36.8 Å². The number of aromatic amines is 1. The van der Waals surface area contributed by atoms with Crippen LogP contribution in [0.2, 0.25) is 0 Å². The number of hydrogen-bond acceptors (Lipinski definition) is 8. The molecule has 2 atom stereocenters. The van der Waals surface area contributed by atoms with Crippen molar-refractivity contribution in [3.05, 3.63) is 77.9 Å². The minimum atomic E-state index is -2.74. The zero-order valence-corrected chi connectivity index (χ0v) is 20.7. The Bertz CT molecular complexity index is 1190. The van der Waals surface area contributed by atoms with Crippen LogP contribution in [0, 0.1) is 0 Å². The molecule has 0 spiro atoms. The summed E-state index contributed by atoms with van der Waals surface area (Å²) in [5.74, 6) is -3.27. The lowest BCUT2D eigenvalue weighted by atomic mass is 9.87. The average molecular weight is 527 g/mol. The highest BCUT2D eigenvalue weighted by Gasteiger charge is 2.41. The molecule has 4 rings (SSSR count). The molecular formula is C26H30N4O8. The molecule has 202 valence electrons. The molecule has 1 aromatic carbocycles. The van der Waals surface area contributed by atoms with E-state index >= 15 is 0 Å². The molecule has 5 N–H and O–H groups in total. The van der Waals surface area contributed by atoms with E-state index in [0.717, 1.165) is 25.4 Å². The number of likely N-dealkylation sites (tertiary alicyclic amines) is 1. The highest BCUT2D eigenvalue weighted by molar-refractivity contribution is 5.88. The number of aromatic nitrogens is 3. The van der Waals surface area contributed by atoms with Crippen molar-refractivity contribution in [3.8, 4) is 5.75 Å². The molecule has 1 saturated heterocycles. The van der Waals surface area contributed by atoms with Crippen LogP contribution in [-0.2, 0) is 20.9 Å². The van der Waals surface area contributed by atoms with Gasteiger partial charge in [-0.05, 0) is 41.5 Å². The molecule has 1 aliphatic rings. The summed E-state index contributed by atoms with van der Waals surface area (Å²) in [6.45, 7) is 2.99. The van der Waals surface area contributed by atoms with Crippen LogP contribution in [-0.4, -0.2) is 84.2 Å². The van der Waals surface area contributed by atoms with Crippen LogP contribution in [0.5, 0.6) is 5.75 Å². The van der Waals surface area contributed by atoms with Gasteiger partial charge in [0.2, 0.25) is 0 Å². The van der Waals surface area contributed by atoms with Crippen LogP contribution < -0.4 is 4.74 Å². The van der Waals surface area contributed by atoms with E-state index in [0.29, 0.717) is 11.8 Å². The fourth-order valence-electron chi connectivity index (χ4n) is 4.45. The number of H-pyrrole nitrogens is 1. The third-order valence-electron chi connectivity index (χ3n) is 6.30. The van der Waals surface area contributed by atoms with Crippen molar-refractivity contribution < 1.29 is 39.5 Å². The van der Waals surface area contributed by atoms with Gasteiger partial charge in [-0.1, -0.05) is 12.1 Å². The number of hydrogen-bond donors (Lipinski definition) is 5. The SMILES string of the molecule is COc1ccc([C@@H]2CN(Cc3ccncc3)C[C@H]2c2ccn[nH]2)cc1.O=C(O)CC(O)(CC(=O)O)C(=O)O.